The van der Waals surface area contributed by atoms with Crippen molar-refractivity contribution >= 4 is 17.0 Å². The highest BCUT2D eigenvalue weighted by Crippen LogP contribution is 2.38. The van der Waals surface area contributed by atoms with Crippen molar-refractivity contribution in [3.63, 3.8) is 0 Å². The molecule has 6 heteroatoms. The van der Waals surface area contributed by atoms with Crippen LogP contribution in [0.4, 0.5) is 0 Å². The van der Waals surface area contributed by atoms with Crippen LogP contribution in [-0.4, -0.2) is 46.7 Å². The van der Waals surface area contributed by atoms with E-state index in [0.29, 0.717) is 18.5 Å². The minimum absolute atomic E-state index is 0.536. The molecular formula is C16H21N5O. The number of guanidine groups is 1. The quantitative estimate of drug-likeness (QED) is 0.689. The molecule has 2 aliphatic rings. The van der Waals surface area contributed by atoms with Crippen LogP contribution in [0.1, 0.15) is 24.7 Å². The summed E-state index contributed by atoms with van der Waals surface area (Å²) >= 11 is 0. The van der Waals surface area contributed by atoms with Crippen LogP contribution in [0.3, 0.4) is 0 Å². The molecule has 2 fully saturated rings. The number of aromatic nitrogens is 2. The molecule has 0 unspecified atom stereocenters. The average molecular weight is 299 g/mol. The zero-order valence-electron chi connectivity index (χ0n) is 12.6. The predicted octanol–water partition coefficient (Wildman–Crippen LogP) is 1.52. The van der Waals surface area contributed by atoms with Crippen LogP contribution in [0.2, 0.25) is 0 Å². The first-order valence-electron chi connectivity index (χ1n) is 7.91. The van der Waals surface area contributed by atoms with E-state index >= 15 is 0 Å². The van der Waals surface area contributed by atoms with E-state index in [-0.39, 0.29) is 0 Å². The fourth-order valence-corrected chi connectivity index (χ4v) is 2.99. The van der Waals surface area contributed by atoms with E-state index in [1.165, 1.54) is 18.4 Å². The van der Waals surface area contributed by atoms with E-state index in [1.54, 1.807) is 0 Å². The molecule has 2 N–H and O–H groups in total. The third kappa shape index (κ3) is 2.54. The first kappa shape index (κ1) is 13.6. The summed E-state index contributed by atoms with van der Waals surface area (Å²) in [4.78, 5) is 11.4. The number of fused-ring (bicyclic) bond motifs is 1. The normalized spacial score (nSPS) is 19.8. The molecular weight excluding hydrogens is 278 g/mol. The summed E-state index contributed by atoms with van der Waals surface area (Å²) in [5, 5.41) is 0. The van der Waals surface area contributed by atoms with E-state index in [0.717, 1.165) is 37.6 Å². The molecule has 1 saturated carbocycles. The standard InChI is InChI=1S/C16H21N5O/c17-16(20-7-9-22-10-8-20)18-11-15-19-13-3-1-2-4-14(13)21(15)12-5-6-12/h1-4,12H,5-11H2,(H2,17,18). The summed E-state index contributed by atoms with van der Waals surface area (Å²) in [5.41, 5.74) is 8.37. The van der Waals surface area contributed by atoms with Crippen LogP contribution >= 0.6 is 0 Å². The highest BCUT2D eigenvalue weighted by atomic mass is 16.5. The number of imidazole rings is 1. The molecule has 6 nitrogen and oxygen atoms in total. The minimum atomic E-state index is 0.536. The van der Waals surface area contributed by atoms with Crippen LogP contribution in [0.5, 0.6) is 0 Å². The molecule has 1 saturated heterocycles. The molecule has 2 heterocycles. The third-order valence-corrected chi connectivity index (χ3v) is 4.30. The molecule has 1 aromatic carbocycles. The molecule has 0 atom stereocenters. The van der Waals surface area contributed by atoms with Crippen molar-refractivity contribution in [3.8, 4) is 0 Å². The van der Waals surface area contributed by atoms with Crippen LogP contribution in [-0.2, 0) is 11.3 Å². The summed E-state index contributed by atoms with van der Waals surface area (Å²) < 4.78 is 7.68. The smallest absolute Gasteiger partial charge is 0.191 e. The van der Waals surface area contributed by atoms with Gasteiger partial charge in [0.05, 0.1) is 24.2 Å². The molecule has 2 aromatic rings. The summed E-state index contributed by atoms with van der Waals surface area (Å²) in [6.45, 7) is 3.60. The topological polar surface area (TPSA) is 68.7 Å². The lowest BCUT2D eigenvalue weighted by atomic mass is 10.3. The molecule has 4 rings (SSSR count). The van der Waals surface area contributed by atoms with Crippen LogP contribution < -0.4 is 5.73 Å². The van der Waals surface area contributed by atoms with Crippen LogP contribution in [0.15, 0.2) is 29.3 Å². The van der Waals surface area contributed by atoms with Crippen LogP contribution in [0, 0.1) is 0 Å². The van der Waals surface area contributed by atoms with Crippen molar-refractivity contribution in [2.24, 2.45) is 10.7 Å². The number of nitrogens with two attached hydrogens (primary N) is 1. The second-order valence-corrected chi connectivity index (χ2v) is 5.89. The average Bonchev–Trinajstić information content (AvgIpc) is 3.33. The Kier molecular flexibility index (Phi) is 3.46. The molecule has 0 spiro atoms. The van der Waals surface area contributed by atoms with Gasteiger partial charge in [0.1, 0.15) is 12.4 Å². The molecule has 116 valence electrons. The van der Waals surface area contributed by atoms with E-state index in [2.05, 4.69) is 32.7 Å². The fourth-order valence-electron chi connectivity index (χ4n) is 2.99. The summed E-state index contributed by atoms with van der Waals surface area (Å²) in [5.74, 6) is 1.61. The highest BCUT2D eigenvalue weighted by molar-refractivity contribution is 5.78. The molecule has 0 radical (unpaired) electrons. The van der Waals surface area contributed by atoms with Crippen molar-refractivity contribution < 1.29 is 4.74 Å². The Labute approximate surface area is 129 Å². The number of morpholine rings is 1. The van der Waals surface area contributed by atoms with Gasteiger partial charge in [0.25, 0.3) is 0 Å². The lowest BCUT2D eigenvalue weighted by Crippen LogP contribution is -2.44. The van der Waals surface area contributed by atoms with E-state index < -0.39 is 0 Å². The van der Waals surface area contributed by atoms with Gasteiger partial charge in [-0.3, -0.25) is 0 Å². The van der Waals surface area contributed by atoms with Crippen molar-refractivity contribution in [1.82, 2.24) is 14.5 Å². The Morgan fingerprint density at radius 1 is 1.27 bits per heavy atom. The highest BCUT2D eigenvalue weighted by Gasteiger charge is 2.28. The second kappa shape index (κ2) is 5.61. The number of ether oxygens (including phenoxy) is 1. The summed E-state index contributed by atoms with van der Waals surface area (Å²) in [6, 6.07) is 8.88. The van der Waals surface area contributed by atoms with Crippen molar-refractivity contribution in [1.29, 1.82) is 0 Å². The van der Waals surface area contributed by atoms with Crippen molar-refractivity contribution in [2.45, 2.75) is 25.4 Å². The Bertz CT molecular complexity index is 698. The lowest BCUT2D eigenvalue weighted by molar-refractivity contribution is 0.0674. The van der Waals surface area contributed by atoms with Gasteiger partial charge in [0.15, 0.2) is 5.96 Å². The maximum atomic E-state index is 6.12. The second-order valence-electron chi connectivity index (χ2n) is 5.89. The lowest BCUT2D eigenvalue weighted by Gasteiger charge is -2.27. The number of benzene rings is 1. The number of hydrogen-bond donors (Lipinski definition) is 1. The predicted molar refractivity (Wildman–Crippen MR) is 85.7 cm³/mol. The molecule has 1 aromatic heterocycles. The molecule has 0 amide bonds. The maximum absolute atomic E-state index is 6.12. The summed E-state index contributed by atoms with van der Waals surface area (Å²) in [6.07, 6.45) is 2.46. The van der Waals surface area contributed by atoms with Gasteiger partial charge in [-0.2, -0.15) is 0 Å². The van der Waals surface area contributed by atoms with Crippen molar-refractivity contribution in [2.75, 3.05) is 26.3 Å². The minimum Gasteiger partial charge on any atom is -0.378 e. The van der Waals surface area contributed by atoms with Gasteiger partial charge in [0.2, 0.25) is 0 Å². The Hall–Kier alpha value is -2.08. The molecule has 1 aliphatic heterocycles. The molecule has 1 aliphatic carbocycles. The summed E-state index contributed by atoms with van der Waals surface area (Å²) in [7, 11) is 0. The zero-order chi connectivity index (χ0) is 14.9. The van der Waals surface area contributed by atoms with Crippen LogP contribution in [0.25, 0.3) is 11.0 Å². The Morgan fingerprint density at radius 2 is 2.05 bits per heavy atom. The number of aliphatic imine (C=N–C) groups is 1. The van der Waals surface area contributed by atoms with Gasteiger partial charge in [-0.25, -0.2) is 9.98 Å². The first-order valence-corrected chi connectivity index (χ1v) is 7.91. The fraction of sp³-hybridized carbons (Fsp3) is 0.500. The number of para-hydroxylation sites is 2. The van der Waals surface area contributed by atoms with Gasteiger partial charge in [-0.15, -0.1) is 0 Å². The SMILES string of the molecule is NC(=NCc1nc2ccccc2n1C1CC1)N1CCOCC1. The first-order chi connectivity index (χ1) is 10.8. The largest absolute Gasteiger partial charge is 0.378 e. The van der Waals surface area contributed by atoms with Gasteiger partial charge >= 0.3 is 0 Å². The van der Waals surface area contributed by atoms with Crippen molar-refractivity contribution in [3.05, 3.63) is 30.1 Å². The molecule has 0 bridgehead atoms. The Balaban J connectivity index is 1.59. The molecule has 22 heavy (non-hydrogen) atoms. The maximum Gasteiger partial charge on any atom is 0.191 e. The van der Waals surface area contributed by atoms with Gasteiger partial charge in [-0.05, 0) is 25.0 Å². The van der Waals surface area contributed by atoms with Gasteiger partial charge in [-0.1, -0.05) is 12.1 Å². The number of rotatable bonds is 3. The monoisotopic (exact) mass is 299 g/mol. The van der Waals surface area contributed by atoms with Gasteiger partial charge < -0.3 is 19.9 Å². The number of nitrogens with zero attached hydrogens (tertiary/aromatic N) is 4. The zero-order valence-corrected chi connectivity index (χ0v) is 12.6. The number of hydrogen-bond acceptors (Lipinski definition) is 3. The van der Waals surface area contributed by atoms with E-state index in [4.69, 9.17) is 15.5 Å². The van der Waals surface area contributed by atoms with E-state index in [9.17, 15) is 0 Å². The third-order valence-electron chi connectivity index (χ3n) is 4.30. The van der Waals surface area contributed by atoms with E-state index in [1.807, 2.05) is 6.07 Å². The Morgan fingerprint density at radius 3 is 2.82 bits per heavy atom. The van der Waals surface area contributed by atoms with Gasteiger partial charge in [0, 0.05) is 19.1 Å².